The summed E-state index contributed by atoms with van der Waals surface area (Å²) in [6.45, 7) is 5.27. The summed E-state index contributed by atoms with van der Waals surface area (Å²) < 4.78 is 17.1. The Morgan fingerprint density at radius 2 is 1.84 bits per heavy atom. The number of fused-ring (bicyclic) bond motifs is 1. The van der Waals surface area contributed by atoms with E-state index in [-0.39, 0.29) is 6.61 Å². The fraction of sp³-hybridized carbons (Fsp3) is 0.429. The van der Waals surface area contributed by atoms with Gasteiger partial charge in [0.2, 0.25) is 0 Å². The van der Waals surface area contributed by atoms with E-state index in [1.807, 2.05) is 12.1 Å². The van der Waals surface area contributed by atoms with Crippen LogP contribution >= 0.6 is 0 Å². The predicted molar refractivity (Wildman–Crippen MR) is 98.1 cm³/mol. The summed E-state index contributed by atoms with van der Waals surface area (Å²) in [6.07, 6.45) is 0.767. The molecule has 1 heterocycles. The van der Waals surface area contributed by atoms with E-state index in [9.17, 15) is 5.11 Å². The standard InChI is InChI=1S/C21H26O4/c1-14-8-19-18(10-21(25-19,12-23-3)13-24-4)15(2)20(14)17-7-5-6-16(9-17)11-22/h5-9,22H,10-13H2,1-4H3. The van der Waals surface area contributed by atoms with Crippen LogP contribution in [0.4, 0.5) is 0 Å². The summed E-state index contributed by atoms with van der Waals surface area (Å²) >= 11 is 0. The van der Waals surface area contributed by atoms with Gasteiger partial charge >= 0.3 is 0 Å². The van der Waals surface area contributed by atoms with Gasteiger partial charge in [-0.15, -0.1) is 0 Å². The maximum Gasteiger partial charge on any atom is 0.159 e. The van der Waals surface area contributed by atoms with Gasteiger partial charge in [0.1, 0.15) is 5.75 Å². The Morgan fingerprint density at radius 3 is 2.48 bits per heavy atom. The summed E-state index contributed by atoms with van der Waals surface area (Å²) in [5.74, 6) is 0.922. The van der Waals surface area contributed by atoms with Crippen LogP contribution in [-0.4, -0.2) is 38.1 Å². The van der Waals surface area contributed by atoms with Crippen molar-refractivity contribution in [2.75, 3.05) is 27.4 Å². The minimum atomic E-state index is -0.464. The lowest BCUT2D eigenvalue weighted by atomic mass is 9.88. The molecule has 0 bridgehead atoms. The molecule has 4 heteroatoms. The van der Waals surface area contributed by atoms with Crippen LogP contribution < -0.4 is 4.74 Å². The lowest BCUT2D eigenvalue weighted by Gasteiger charge is -2.27. The first-order valence-electron chi connectivity index (χ1n) is 8.53. The zero-order chi connectivity index (χ0) is 18.0. The van der Waals surface area contributed by atoms with Crippen LogP contribution in [0.5, 0.6) is 5.75 Å². The van der Waals surface area contributed by atoms with Crippen molar-refractivity contribution in [1.82, 2.24) is 0 Å². The topological polar surface area (TPSA) is 47.9 Å². The molecule has 0 saturated heterocycles. The third-order valence-corrected chi connectivity index (χ3v) is 4.91. The Hall–Kier alpha value is -1.88. The molecule has 0 amide bonds. The molecular formula is C21H26O4. The quantitative estimate of drug-likeness (QED) is 0.874. The van der Waals surface area contributed by atoms with E-state index in [1.165, 1.54) is 16.7 Å². The molecule has 0 spiro atoms. The summed E-state index contributed by atoms with van der Waals surface area (Å²) in [7, 11) is 3.38. The second-order valence-electron chi connectivity index (χ2n) is 6.86. The number of hydrogen-bond donors (Lipinski definition) is 1. The first-order chi connectivity index (χ1) is 12.0. The minimum Gasteiger partial charge on any atom is -0.482 e. The highest BCUT2D eigenvalue weighted by Gasteiger charge is 2.41. The van der Waals surface area contributed by atoms with Crippen LogP contribution in [0, 0.1) is 13.8 Å². The second kappa shape index (κ2) is 7.16. The molecule has 3 rings (SSSR count). The molecule has 0 unspecified atom stereocenters. The van der Waals surface area contributed by atoms with Crippen molar-refractivity contribution in [3.8, 4) is 16.9 Å². The van der Waals surface area contributed by atoms with E-state index in [1.54, 1.807) is 14.2 Å². The lowest BCUT2D eigenvalue weighted by Crippen LogP contribution is -2.44. The Kier molecular flexibility index (Phi) is 5.13. The SMILES string of the molecule is COCC1(COC)Cc2c(cc(C)c(-c3cccc(CO)c3)c2C)O1. The molecule has 1 aliphatic rings. The number of hydrogen-bond acceptors (Lipinski definition) is 4. The van der Waals surface area contributed by atoms with E-state index < -0.39 is 5.60 Å². The summed E-state index contributed by atoms with van der Waals surface area (Å²) in [4.78, 5) is 0. The number of aryl methyl sites for hydroxylation is 1. The molecule has 134 valence electrons. The predicted octanol–water partition coefficient (Wildman–Crippen LogP) is 3.43. The molecule has 2 aromatic carbocycles. The molecule has 1 N–H and O–H groups in total. The van der Waals surface area contributed by atoms with Gasteiger partial charge in [-0.2, -0.15) is 0 Å². The first-order valence-corrected chi connectivity index (χ1v) is 8.53. The van der Waals surface area contributed by atoms with Gasteiger partial charge in [0.05, 0.1) is 19.8 Å². The number of aliphatic hydroxyl groups excluding tert-OH is 1. The second-order valence-corrected chi connectivity index (χ2v) is 6.86. The minimum absolute atomic E-state index is 0.0464. The monoisotopic (exact) mass is 342 g/mol. The summed E-state index contributed by atoms with van der Waals surface area (Å²) in [5, 5.41) is 9.44. The van der Waals surface area contributed by atoms with Crippen molar-refractivity contribution in [2.24, 2.45) is 0 Å². The van der Waals surface area contributed by atoms with Crippen molar-refractivity contribution in [3.63, 3.8) is 0 Å². The highest BCUT2D eigenvalue weighted by atomic mass is 16.6. The first kappa shape index (κ1) is 17.9. The van der Waals surface area contributed by atoms with E-state index in [0.29, 0.717) is 13.2 Å². The van der Waals surface area contributed by atoms with Crippen molar-refractivity contribution in [3.05, 3.63) is 52.6 Å². The number of benzene rings is 2. The molecule has 0 aromatic heterocycles. The highest BCUT2D eigenvalue weighted by Crippen LogP contribution is 2.43. The molecule has 4 nitrogen and oxygen atoms in total. The molecule has 0 aliphatic carbocycles. The van der Waals surface area contributed by atoms with Crippen molar-refractivity contribution < 1.29 is 19.3 Å². The van der Waals surface area contributed by atoms with E-state index in [4.69, 9.17) is 14.2 Å². The van der Waals surface area contributed by atoms with Crippen molar-refractivity contribution in [2.45, 2.75) is 32.5 Å². The molecule has 0 atom stereocenters. The van der Waals surface area contributed by atoms with E-state index in [0.717, 1.165) is 28.9 Å². The van der Waals surface area contributed by atoms with Gasteiger partial charge in [-0.1, -0.05) is 18.2 Å². The Bertz CT molecular complexity index is 761. The Balaban J connectivity index is 2.06. The summed E-state index contributed by atoms with van der Waals surface area (Å²) in [5.41, 5.74) is 6.39. The zero-order valence-electron chi connectivity index (χ0n) is 15.4. The van der Waals surface area contributed by atoms with Gasteiger partial charge in [0, 0.05) is 26.2 Å². The summed E-state index contributed by atoms with van der Waals surface area (Å²) in [6, 6.07) is 10.2. The fourth-order valence-electron chi connectivity index (χ4n) is 3.89. The lowest BCUT2D eigenvalue weighted by molar-refractivity contribution is -0.0450. The largest absolute Gasteiger partial charge is 0.482 e. The third kappa shape index (κ3) is 3.30. The van der Waals surface area contributed by atoms with Crippen molar-refractivity contribution >= 4 is 0 Å². The molecular weight excluding hydrogens is 316 g/mol. The van der Waals surface area contributed by atoms with Crippen LogP contribution in [0.1, 0.15) is 22.3 Å². The van der Waals surface area contributed by atoms with Gasteiger partial charge in [0.25, 0.3) is 0 Å². The molecule has 1 aliphatic heterocycles. The third-order valence-electron chi connectivity index (χ3n) is 4.91. The molecule has 25 heavy (non-hydrogen) atoms. The van der Waals surface area contributed by atoms with Crippen molar-refractivity contribution in [1.29, 1.82) is 0 Å². The fourth-order valence-corrected chi connectivity index (χ4v) is 3.89. The number of rotatable bonds is 6. The molecule has 0 radical (unpaired) electrons. The van der Waals surface area contributed by atoms with Gasteiger partial charge in [-0.05, 0) is 53.8 Å². The smallest absolute Gasteiger partial charge is 0.159 e. The Labute approximate surface area is 149 Å². The van der Waals surface area contributed by atoms with E-state index >= 15 is 0 Å². The van der Waals surface area contributed by atoms with Gasteiger partial charge < -0.3 is 19.3 Å². The maximum atomic E-state index is 9.44. The number of aliphatic hydroxyl groups is 1. The average Bonchev–Trinajstić information content (AvgIpc) is 2.94. The van der Waals surface area contributed by atoms with Crippen LogP contribution in [0.25, 0.3) is 11.1 Å². The number of ether oxygens (including phenoxy) is 3. The number of methoxy groups -OCH3 is 2. The van der Waals surface area contributed by atoms with Gasteiger partial charge in [0.15, 0.2) is 5.60 Å². The van der Waals surface area contributed by atoms with Gasteiger partial charge in [-0.3, -0.25) is 0 Å². The molecule has 2 aromatic rings. The molecule has 0 saturated carbocycles. The normalized spacial score (nSPS) is 15.1. The zero-order valence-corrected chi connectivity index (χ0v) is 15.4. The maximum absolute atomic E-state index is 9.44. The van der Waals surface area contributed by atoms with Crippen LogP contribution in [-0.2, 0) is 22.5 Å². The average molecular weight is 342 g/mol. The van der Waals surface area contributed by atoms with Crippen LogP contribution in [0.2, 0.25) is 0 Å². The van der Waals surface area contributed by atoms with Gasteiger partial charge in [-0.25, -0.2) is 0 Å². The highest BCUT2D eigenvalue weighted by molar-refractivity contribution is 5.75. The van der Waals surface area contributed by atoms with Crippen LogP contribution in [0.15, 0.2) is 30.3 Å². The molecule has 0 fully saturated rings. The van der Waals surface area contributed by atoms with Crippen LogP contribution in [0.3, 0.4) is 0 Å². The van der Waals surface area contributed by atoms with E-state index in [2.05, 4.69) is 32.0 Å². The Morgan fingerprint density at radius 1 is 1.12 bits per heavy atom.